The highest BCUT2D eigenvalue weighted by Crippen LogP contribution is 2.28. The lowest BCUT2D eigenvalue weighted by atomic mass is 10.1. The quantitative estimate of drug-likeness (QED) is 0.342. The van der Waals surface area contributed by atoms with Gasteiger partial charge in [-0.15, -0.1) is 0 Å². The molecule has 1 amide bonds. The van der Waals surface area contributed by atoms with Gasteiger partial charge in [-0.1, -0.05) is 41.9 Å². The Morgan fingerprint density at radius 1 is 0.842 bits per heavy atom. The SMILES string of the molecule is COc1cccc(COC(CN2CCN(C(=O)Cc3ccc(OC)c(OC)c3)CC2)c2ccc(Cl)cc2)c1. The number of halogens is 1. The number of ether oxygens (including phenoxy) is 4. The van der Waals surface area contributed by atoms with Crippen LogP contribution in [0.25, 0.3) is 0 Å². The summed E-state index contributed by atoms with van der Waals surface area (Å²) >= 11 is 6.13. The first-order valence-electron chi connectivity index (χ1n) is 12.7. The third kappa shape index (κ3) is 7.40. The van der Waals surface area contributed by atoms with Crippen LogP contribution in [-0.2, 0) is 22.6 Å². The van der Waals surface area contributed by atoms with Crippen molar-refractivity contribution in [2.24, 2.45) is 0 Å². The van der Waals surface area contributed by atoms with Gasteiger partial charge in [0.1, 0.15) is 5.75 Å². The number of methoxy groups -OCH3 is 3. The first kappa shape index (κ1) is 27.8. The zero-order chi connectivity index (χ0) is 26.9. The van der Waals surface area contributed by atoms with Crippen LogP contribution in [0.15, 0.2) is 66.7 Å². The average molecular weight is 539 g/mol. The van der Waals surface area contributed by atoms with Crippen LogP contribution in [0.1, 0.15) is 22.8 Å². The van der Waals surface area contributed by atoms with Gasteiger partial charge in [-0.2, -0.15) is 0 Å². The normalized spacial score (nSPS) is 14.7. The highest BCUT2D eigenvalue weighted by molar-refractivity contribution is 6.30. The molecule has 0 spiro atoms. The molecule has 0 radical (unpaired) electrons. The summed E-state index contributed by atoms with van der Waals surface area (Å²) in [6.45, 7) is 4.11. The van der Waals surface area contributed by atoms with E-state index in [9.17, 15) is 4.79 Å². The van der Waals surface area contributed by atoms with Crippen molar-refractivity contribution in [2.75, 3.05) is 54.1 Å². The maximum absolute atomic E-state index is 13.0. The number of hydrogen-bond acceptors (Lipinski definition) is 6. The molecule has 1 aliphatic rings. The molecule has 1 atom stereocenters. The second-order valence-electron chi connectivity index (χ2n) is 9.25. The van der Waals surface area contributed by atoms with E-state index < -0.39 is 0 Å². The smallest absolute Gasteiger partial charge is 0.227 e. The number of nitrogens with zero attached hydrogens (tertiary/aromatic N) is 2. The lowest BCUT2D eigenvalue weighted by molar-refractivity contribution is -0.132. The number of rotatable bonds is 11. The van der Waals surface area contributed by atoms with E-state index in [4.69, 9.17) is 30.5 Å². The predicted molar refractivity (Wildman–Crippen MR) is 148 cm³/mol. The van der Waals surface area contributed by atoms with Gasteiger partial charge < -0.3 is 23.8 Å². The standard InChI is InChI=1S/C30H35ClN2O5/c1-35-26-6-4-5-23(17-26)21-38-29(24-8-10-25(31)11-9-24)20-32-13-15-33(16-14-32)30(34)19-22-7-12-27(36-2)28(18-22)37-3/h4-12,17-18,29H,13-16,19-21H2,1-3H3. The van der Waals surface area contributed by atoms with E-state index in [1.54, 1.807) is 21.3 Å². The van der Waals surface area contributed by atoms with Gasteiger partial charge in [0.25, 0.3) is 0 Å². The zero-order valence-corrected chi connectivity index (χ0v) is 22.9. The molecule has 202 valence electrons. The molecule has 38 heavy (non-hydrogen) atoms. The van der Waals surface area contributed by atoms with E-state index in [1.807, 2.05) is 71.6 Å². The van der Waals surface area contributed by atoms with Crippen LogP contribution >= 0.6 is 11.6 Å². The number of carbonyl (C=O) groups is 1. The van der Waals surface area contributed by atoms with Crippen LogP contribution in [-0.4, -0.2) is 69.8 Å². The van der Waals surface area contributed by atoms with E-state index in [1.165, 1.54) is 0 Å². The molecule has 3 aromatic rings. The molecular formula is C30H35ClN2O5. The van der Waals surface area contributed by atoms with Gasteiger partial charge in [0.05, 0.1) is 40.5 Å². The fourth-order valence-corrected chi connectivity index (χ4v) is 4.71. The first-order valence-corrected chi connectivity index (χ1v) is 13.1. The molecule has 7 nitrogen and oxygen atoms in total. The van der Waals surface area contributed by atoms with Gasteiger partial charge in [0.15, 0.2) is 11.5 Å². The molecule has 4 rings (SSSR count). The van der Waals surface area contributed by atoms with Crippen LogP contribution < -0.4 is 14.2 Å². The molecule has 8 heteroatoms. The zero-order valence-electron chi connectivity index (χ0n) is 22.2. The van der Waals surface area contributed by atoms with E-state index in [0.29, 0.717) is 42.6 Å². The van der Waals surface area contributed by atoms with E-state index in [2.05, 4.69) is 4.90 Å². The maximum atomic E-state index is 13.0. The highest BCUT2D eigenvalue weighted by Gasteiger charge is 2.24. The summed E-state index contributed by atoms with van der Waals surface area (Å²) < 4.78 is 22.4. The lowest BCUT2D eigenvalue weighted by Crippen LogP contribution is -2.50. The summed E-state index contributed by atoms with van der Waals surface area (Å²) in [6.07, 6.45) is 0.199. The van der Waals surface area contributed by atoms with Crippen molar-refractivity contribution in [1.29, 1.82) is 0 Å². The maximum Gasteiger partial charge on any atom is 0.227 e. The Balaban J connectivity index is 1.35. The van der Waals surface area contributed by atoms with Gasteiger partial charge in [0, 0.05) is 37.7 Å². The van der Waals surface area contributed by atoms with Crippen molar-refractivity contribution in [3.63, 3.8) is 0 Å². The van der Waals surface area contributed by atoms with Crippen LogP contribution in [0.5, 0.6) is 17.2 Å². The van der Waals surface area contributed by atoms with E-state index >= 15 is 0 Å². The molecule has 0 N–H and O–H groups in total. The fourth-order valence-electron chi connectivity index (χ4n) is 4.58. The van der Waals surface area contributed by atoms with Crippen molar-refractivity contribution < 1.29 is 23.7 Å². The summed E-state index contributed by atoms with van der Waals surface area (Å²) in [6, 6.07) is 21.3. The number of amides is 1. The number of piperazine rings is 1. The van der Waals surface area contributed by atoms with Crippen molar-refractivity contribution in [3.8, 4) is 17.2 Å². The molecule has 0 aromatic heterocycles. The van der Waals surface area contributed by atoms with Crippen molar-refractivity contribution in [2.45, 2.75) is 19.1 Å². The van der Waals surface area contributed by atoms with Gasteiger partial charge >= 0.3 is 0 Å². The van der Waals surface area contributed by atoms with Gasteiger partial charge in [-0.05, 0) is 53.1 Å². The second-order valence-corrected chi connectivity index (χ2v) is 9.69. The molecule has 0 saturated carbocycles. The van der Waals surface area contributed by atoms with E-state index in [0.717, 1.165) is 42.1 Å². The number of carbonyl (C=O) groups excluding carboxylic acids is 1. The average Bonchev–Trinajstić information content (AvgIpc) is 2.96. The Hall–Kier alpha value is -3.26. The largest absolute Gasteiger partial charge is 0.497 e. The van der Waals surface area contributed by atoms with Crippen LogP contribution in [0, 0.1) is 0 Å². The first-order chi connectivity index (χ1) is 18.5. The topological polar surface area (TPSA) is 60.5 Å². The molecule has 0 aliphatic carbocycles. The predicted octanol–water partition coefficient (Wildman–Crippen LogP) is 5.01. The van der Waals surface area contributed by atoms with Crippen molar-refractivity contribution in [3.05, 3.63) is 88.4 Å². The summed E-state index contributed by atoms with van der Waals surface area (Å²) in [5, 5.41) is 0.696. The summed E-state index contributed by atoms with van der Waals surface area (Å²) in [4.78, 5) is 17.3. The number of benzene rings is 3. The molecule has 3 aromatic carbocycles. The second kappa shape index (κ2) is 13.5. The Morgan fingerprint density at radius 3 is 2.26 bits per heavy atom. The monoisotopic (exact) mass is 538 g/mol. The molecular weight excluding hydrogens is 504 g/mol. The van der Waals surface area contributed by atoms with Crippen LogP contribution in [0.2, 0.25) is 5.02 Å². The van der Waals surface area contributed by atoms with E-state index in [-0.39, 0.29) is 12.0 Å². The summed E-state index contributed by atoms with van der Waals surface area (Å²) in [7, 11) is 4.86. The molecule has 1 aliphatic heterocycles. The Morgan fingerprint density at radius 2 is 1.58 bits per heavy atom. The molecule has 1 heterocycles. The van der Waals surface area contributed by atoms with Gasteiger partial charge in [-0.3, -0.25) is 9.69 Å². The summed E-state index contributed by atoms with van der Waals surface area (Å²) in [5.41, 5.74) is 3.03. The Labute approximate surface area is 229 Å². The Kier molecular flexibility index (Phi) is 9.87. The minimum Gasteiger partial charge on any atom is -0.497 e. The fraction of sp³-hybridized carbons (Fsp3) is 0.367. The molecule has 1 fully saturated rings. The van der Waals surface area contributed by atoms with Crippen LogP contribution in [0.4, 0.5) is 0 Å². The molecule has 1 saturated heterocycles. The third-order valence-corrected chi connectivity index (χ3v) is 7.03. The van der Waals surface area contributed by atoms with Crippen molar-refractivity contribution >= 4 is 17.5 Å². The Bertz CT molecular complexity index is 1200. The van der Waals surface area contributed by atoms with Crippen molar-refractivity contribution in [1.82, 2.24) is 9.80 Å². The minimum absolute atomic E-state index is 0.111. The highest BCUT2D eigenvalue weighted by atomic mass is 35.5. The van der Waals surface area contributed by atoms with Gasteiger partial charge in [-0.25, -0.2) is 0 Å². The summed E-state index contributed by atoms with van der Waals surface area (Å²) in [5.74, 6) is 2.20. The molecule has 0 bridgehead atoms. The van der Waals surface area contributed by atoms with Crippen LogP contribution in [0.3, 0.4) is 0 Å². The number of hydrogen-bond donors (Lipinski definition) is 0. The third-order valence-electron chi connectivity index (χ3n) is 6.78. The lowest BCUT2D eigenvalue weighted by Gasteiger charge is -2.36. The molecule has 1 unspecified atom stereocenters. The van der Waals surface area contributed by atoms with Gasteiger partial charge in [0.2, 0.25) is 5.91 Å². The minimum atomic E-state index is -0.132.